The molecule has 0 aromatic heterocycles. The lowest BCUT2D eigenvalue weighted by Gasteiger charge is -1.97. The van der Waals surface area contributed by atoms with Gasteiger partial charge < -0.3 is 5.11 Å². The summed E-state index contributed by atoms with van der Waals surface area (Å²) in [5.41, 5.74) is 1.07. The Hall–Kier alpha value is -2.69. The molecule has 0 atom stereocenters. The fraction of sp³-hybridized carbons (Fsp3) is 0. The van der Waals surface area contributed by atoms with Crippen molar-refractivity contribution >= 4 is 17.6 Å². The van der Waals surface area contributed by atoms with E-state index in [1.54, 1.807) is 30.3 Å². The Morgan fingerprint density at radius 1 is 1.11 bits per heavy atom. The highest BCUT2D eigenvalue weighted by Crippen LogP contribution is 2.19. The van der Waals surface area contributed by atoms with Crippen LogP contribution in [0.2, 0.25) is 0 Å². The SMILES string of the molecule is O=[N+]([O-])c1ccccc1C=Nc1ccc(O)cc1. The van der Waals surface area contributed by atoms with Crippen LogP contribution in [0.5, 0.6) is 5.75 Å². The van der Waals surface area contributed by atoms with Crippen molar-refractivity contribution in [2.75, 3.05) is 0 Å². The first-order valence-corrected chi connectivity index (χ1v) is 5.23. The molecule has 2 aromatic carbocycles. The Balaban J connectivity index is 2.29. The summed E-state index contributed by atoms with van der Waals surface area (Å²) in [6, 6.07) is 12.6. The molecule has 0 unspecified atom stereocenters. The lowest BCUT2D eigenvalue weighted by atomic mass is 10.2. The average Bonchev–Trinajstić information content (AvgIpc) is 2.38. The molecule has 0 saturated heterocycles. The van der Waals surface area contributed by atoms with E-state index >= 15 is 0 Å². The third kappa shape index (κ3) is 2.70. The molecule has 18 heavy (non-hydrogen) atoms. The average molecular weight is 242 g/mol. The van der Waals surface area contributed by atoms with Crippen LogP contribution < -0.4 is 0 Å². The number of hydrogen-bond acceptors (Lipinski definition) is 4. The van der Waals surface area contributed by atoms with Crippen LogP contribution in [-0.2, 0) is 0 Å². The Kier molecular flexibility index (Phi) is 3.33. The number of phenolic OH excluding ortho intramolecular Hbond substituents is 1. The van der Waals surface area contributed by atoms with Crippen molar-refractivity contribution in [1.82, 2.24) is 0 Å². The van der Waals surface area contributed by atoms with Gasteiger partial charge in [-0.15, -0.1) is 0 Å². The number of phenols is 1. The van der Waals surface area contributed by atoms with Crippen molar-refractivity contribution < 1.29 is 10.0 Å². The predicted octanol–water partition coefficient (Wildman–Crippen LogP) is 3.05. The first kappa shape index (κ1) is 11.8. The summed E-state index contributed by atoms with van der Waals surface area (Å²) >= 11 is 0. The van der Waals surface area contributed by atoms with Gasteiger partial charge in [-0.1, -0.05) is 12.1 Å². The van der Waals surface area contributed by atoms with E-state index in [4.69, 9.17) is 5.11 Å². The Morgan fingerprint density at radius 3 is 2.44 bits per heavy atom. The number of aromatic hydroxyl groups is 1. The first-order chi connectivity index (χ1) is 8.66. The van der Waals surface area contributed by atoms with Gasteiger partial charge in [0.1, 0.15) is 5.75 Å². The van der Waals surface area contributed by atoms with E-state index < -0.39 is 4.92 Å². The van der Waals surface area contributed by atoms with Gasteiger partial charge in [0.15, 0.2) is 0 Å². The molecule has 0 saturated carbocycles. The molecule has 5 nitrogen and oxygen atoms in total. The van der Waals surface area contributed by atoms with E-state index in [0.29, 0.717) is 11.3 Å². The van der Waals surface area contributed by atoms with Crippen LogP contribution in [0, 0.1) is 10.1 Å². The summed E-state index contributed by atoms with van der Waals surface area (Å²) < 4.78 is 0. The summed E-state index contributed by atoms with van der Waals surface area (Å²) in [7, 11) is 0. The highest BCUT2D eigenvalue weighted by atomic mass is 16.6. The lowest BCUT2D eigenvalue weighted by Crippen LogP contribution is -1.93. The third-order valence-electron chi connectivity index (χ3n) is 2.34. The second kappa shape index (κ2) is 5.09. The normalized spacial score (nSPS) is 10.7. The molecule has 0 bridgehead atoms. The molecule has 0 aliphatic heterocycles. The van der Waals surface area contributed by atoms with E-state index in [9.17, 15) is 10.1 Å². The van der Waals surface area contributed by atoms with Gasteiger partial charge in [-0.25, -0.2) is 0 Å². The van der Waals surface area contributed by atoms with E-state index in [-0.39, 0.29) is 11.4 Å². The monoisotopic (exact) mass is 242 g/mol. The number of nitro groups is 1. The van der Waals surface area contributed by atoms with Crippen LogP contribution in [0.4, 0.5) is 11.4 Å². The van der Waals surface area contributed by atoms with E-state index in [1.165, 1.54) is 24.4 Å². The number of benzene rings is 2. The van der Waals surface area contributed by atoms with Gasteiger partial charge in [0, 0.05) is 12.3 Å². The molecule has 5 heteroatoms. The van der Waals surface area contributed by atoms with Gasteiger partial charge >= 0.3 is 0 Å². The minimum absolute atomic E-state index is 0.0139. The van der Waals surface area contributed by atoms with Crippen LogP contribution in [0.1, 0.15) is 5.56 Å². The summed E-state index contributed by atoms with van der Waals surface area (Å²) in [5.74, 6) is 0.152. The van der Waals surface area contributed by atoms with Gasteiger partial charge in [-0.3, -0.25) is 15.1 Å². The van der Waals surface area contributed by atoms with Gasteiger partial charge in [-0.2, -0.15) is 0 Å². The maximum Gasteiger partial charge on any atom is 0.278 e. The smallest absolute Gasteiger partial charge is 0.278 e. The number of hydrogen-bond donors (Lipinski definition) is 1. The molecule has 0 amide bonds. The predicted molar refractivity (Wildman–Crippen MR) is 68.5 cm³/mol. The zero-order valence-corrected chi connectivity index (χ0v) is 9.35. The van der Waals surface area contributed by atoms with Crippen molar-refractivity contribution in [1.29, 1.82) is 0 Å². The molecule has 0 spiro atoms. The molecular formula is C13H10N2O3. The molecule has 0 radical (unpaired) electrons. The van der Waals surface area contributed by atoms with Crippen molar-refractivity contribution in [3.05, 3.63) is 64.2 Å². The third-order valence-corrected chi connectivity index (χ3v) is 2.34. The van der Waals surface area contributed by atoms with Gasteiger partial charge in [0.2, 0.25) is 0 Å². The molecule has 90 valence electrons. The van der Waals surface area contributed by atoms with Crippen LogP contribution in [-0.4, -0.2) is 16.2 Å². The van der Waals surface area contributed by atoms with Crippen LogP contribution in [0.25, 0.3) is 0 Å². The van der Waals surface area contributed by atoms with Crippen LogP contribution in [0.15, 0.2) is 53.5 Å². The second-order valence-electron chi connectivity index (χ2n) is 3.59. The first-order valence-electron chi connectivity index (χ1n) is 5.23. The zero-order valence-electron chi connectivity index (χ0n) is 9.35. The Bertz CT molecular complexity index is 591. The van der Waals surface area contributed by atoms with Crippen molar-refractivity contribution in [3.63, 3.8) is 0 Å². The number of nitrogens with zero attached hydrogens (tertiary/aromatic N) is 2. The minimum atomic E-state index is -0.446. The number of rotatable bonds is 3. The highest BCUT2D eigenvalue weighted by Gasteiger charge is 2.09. The summed E-state index contributed by atoms with van der Waals surface area (Å²) in [6.45, 7) is 0. The maximum absolute atomic E-state index is 10.8. The molecule has 1 N–H and O–H groups in total. The number of para-hydroxylation sites is 1. The van der Waals surface area contributed by atoms with Crippen molar-refractivity contribution in [3.8, 4) is 5.75 Å². The Labute approximate surface area is 103 Å². The molecule has 0 aliphatic carbocycles. The fourth-order valence-corrected chi connectivity index (χ4v) is 1.45. The van der Waals surface area contributed by atoms with E-state index in [2.05, 4.69) is 4.99 Å². The topological polar surface area (TPSA) is 75.7 Å². The summed E-state index contributed by atoms with van der Waals surface area (Å²) in [4.78, 5) is 14.5. The number of aliphatic imine (C=N–C) groups is 1. The molecule has 2 rings (SSSR count). The van der Waals surface area contributed by atoms with Crippen molar-refractivity contribution in [2.45, 2.75) is 0 Å². The molecule has 0 fully saturated rings. The summed E-state index contributed by atoms with van der Waals surface area (Å²) in [5, 5.41) is 19.9. The second-order valence-corrected chi connectivity index (χ2v) is 3.59. The summed E-state index contributed by atoms with van der Waals surface area (Å²) in [6.07, 6.45) is 1.44. The molecular weight excluding hydrogens is 232 g/mol. The van der Waals surface area contributed by atoms with E-state index in [0.717, 1.165) is 0 Å². The highest BCUT2D eigenvalue weighted by molar-refractivity contribution is 5.86. The lowest BCUT2D eigenvalue weighted by molar-refractivity contribution is -0.385. The molecule has 0 aliphatic rings. The zero-order chi connectivity index (χ0) is 13.0. The fourth-order valence-electron chi connectivity index (χ4n) is 1.45. The van der Waals surface area contributed by atoms with Gasteiger partial charge in [-0.05, 0) is 30.3 Å². The van der Waals surface area contributed by atoms with Crippen molar-refractivity contribution in [2.24, 2.45) is 4.99 Å². The maximum atomic E-state index is 10.8. The van der Waals surface area contributed by atoms with E-state index in [1.807, 2.05) is 0 Å². The largest absolute Gasteiger partial charge is 0.508 e. The van der Waals surface area contributed by atoms with Crippen LogP contribution in [0.3, 0.4) is 0 Å². The molecule has 0 heterocycles. The standard InChI is InChI=1S/C13H10N2O3/c16-12-7-5-11(6-8-12)14-9-10-3-1-2-4-13(10)15(17)18/h1-9,16H. The Morgan fingerprint density at radius 2 is 1.78 bits per heavy atom. The minimum Gasteiger partial charge on any atom is -0.508 e. The van der Waals surface area contributed by atoms with Crippen LogP contribution >= 0.6 is 0 Å². The molecule has 2 aromatic rings. The quantitative estimate of drug-likeness (QED) is 0.510. The van der Waals surface area contributed by atoms with Gasteiger partial charge in [0.25, 0.3) is 5.69 Å². The number of nitro benzene ring substituents is 1. The van der Waals surface area contributed by atoms with Gasteiger partial charge in [0.05, 0.1) is 16.2 Å².